The minimum absolute atomic E-state index is 0.0727. The Kier molecular flexibility index (Phi) is 6.35. The number of aromatic nitrogens is 3. The zero-order chi connectivity index (χ0) is 24.4. The van der Waals surface area contributed by atoms with Crippen LogP contribution in [0.3, 0.4) is 0 Å². The number of nitrogens with one attached hydrogen (secondary N) is 1. The molecule has 8 heteroatoms. The lowest BCUT2D eigenvalue weighted by Crippen LogP contribution is -2.50. The van der Waals surface area contributed by atoms with Gasteiger partial charge < -0.3 is 19.6 Å². The molecule has 5 rings (SSSR count). The molecule has 1 aliphatic heterocycles. The molecule has 4 aromatic rings. The molecule has 1 N–H and O–H groups in total. The average Bonchev–Trinajstić information content (AvgIpc) is 3.31. The van der Waals surface area contributed by atoms with Crippen molar-refractivity contribution in [2.75, 3.05) is 36.4 Å². The van der Waals surface area contributed by atoms with Gasteiger partial charge in [-0.05, 0) is 31.4 Å². The third-order valence-electron chi connectivity index (χ3n) is 6.46. The van der Waals surface area contributed by atoms with Gasteiger partial charge in [0.05, 0.1) is 0 Å². The number of urea groups is 1. The SMILES string of the molecule is CCCc1nc(N2CCN(C(=O)Nc3c(C)cccc3C)CC2)c2c(-c3ccccc3)noc2n1. The summed E-state index contributed by atoms with van der Waals surface area (Å²) in [6.07, 6.45) is 1.71. The molecule has 35 heavy (non-hydrogen) atoms. The van der Waals surface area contributed by atoms with Crippen molar-refractivity contribution in [1.29, 1.82) is 0 Å². The van der Waals surface area contributed by atoms with Gasteiger partial charge in [0.1, 0.15) is 22.7 Å². The Bertz CT molecular complexity index is 1320. The van der Waals surface area contributed by atoms with Crippen LogP contribution in [0.25, 0.3) is 22.4 Å². The first-order valence-corrected chi connectivity index (χ1v) is 12.1. The number of amides is 2. The minimum Gasteiger partial charge on any atom is -0.352 e. The van der Waals surface area contributed by atoms with Crippen molar-refractivity contribution >= 4 is 28.6 Å². The standard InChI is InChI=1S/C27H30N6O2/c1-4-9-21-28-25(22-24(31-35-26(22)29-21)20-12-6-5-7-13-20)32-14-16-33(17-15-32)27(34)30-23-18(2)10-8-11-19(23)3/h5-8,10-13H,4,9,14-17H2,1-3H3,(H,30,34). The maximum absolute atomic E-state index is 13.0. The van der Waals surface area contributed by atoms with E-state index in [0.717, 1.165) is 57.9 Å². The maximum atomic E-state index is 13.0. The molecule has 0 aliphatic carbocycles. The van der Waals surface area contributed by atoms with Crippen LogP contribution in [0.5, 0.6) is 0 Å². The fraction of sp³-hybridized carbons (Fsp3) is 0.333. The third kappa shape index (κ3) is 4.56. The summed E-state index contributed by atoms with van der Waals surface area (Å²) in [5, 5.41) is 8.28. The number of benzene rings is 2. The summed E-state index contributed by atoms with van der Waals surface area (Å²) in [7, 11) is 0. The van der Waals surface area contributed by atoms with E-state index >= 15 is 0 Å². The molecule has 1 aliphatic rings. The molecule has 1 fully saturated rings. The molecule has 0 spiro atoms. The Morgan fingerprint density at radius 3 is 2.37 bits per heavy atom. The van der Waals surface area contributed by atoms with Gasteiger partial charge in [-0.3, -0.25) is 0 Å². The van der Waals surface area contributed by atoms with Gasteiger partial charge in [-0.25, -0.2) is 9.78 Å². The molecule has 2 aromatic carbocycles. The molecule has 3 heterocycles. The van der Waals surface area contributed by atoms with E-state index in [4.69, 9.17) is 9.51 Å². The normalized spacial score (nSPS) is 13.9. The average molecular weight is 471 g/mol. The van der Waals surface area contributed by atoms with E-state index in [9.17, 15) is 4.79 Å². The Labute approximate surface area is 205 Å². The van der Waals surface area contributed by atoms with Crippen LogP contribution in [-0.2, 0) is 6.42 Å². The first-order chi connectivity index (χ1) is 17.0. The van der Waals surface area contributed by atoms with Crippen LogP contribution in [0, 0.1) is 13.8 Å². The van der Waals surface area contributed by atoms with Gasteiger partial charge >= 0.3 is 6.03 Å². The summed E-state index contributed by atoms with van der Waals surface area (Å²) in [6, 6.07) is 15.9. The van der Waals surface area contributed by atoms with Gasteiger partial charge in [0.2, 0.25) is 0 Å². The van der Waals surface area contributed by atoms with E-state index in [0.29, 0.717) is 31.9 Å². The number of carbonyl (C=O) groups excluding carboxylic acids is 1. The number of rotatable bonds is 5. The van der Waals surface area contributed by atoms with Crippen molar-refractivity contribution in [3.05, 3.63) is 65.5 Å². The largest absolute Gasteiger partial charge is 0.352 e. The molecular formula is C27H30N6O2. The highest BCUT2D eigenvalue weighted by molar-refractivity contribution is 5.98. The highest BCUT2D eigenvalue weighted by Gasteiger charge is 2.27. The number of hydrogen-bond acceptors (Lipinski definition) is 6. The van der Waals surface area contributed by atoms with Crippen LogP contribution in [0.15, 0.2) is 53.1 Å². The van der Waals surface area contributed by atoms with Gasteiger partial charge in [-0.15, -0.1) is 0 Å². The highest BCUT2D eigenvalue weighted by Crippen LogP contribution is 2.34. The van der Waals surface area contributed by atoms with Crippen molar-refractivity contribution < 1.29 is 9.32 Å². The number of carbonyl (C=O) groups is 1. The number of piperazine rings is 1. The molecule has 0 radical (unpaired) electrons. The minimum atomic E-state index is -0.0727. The first kappa shape index (κ1) is 22.8. The summed E-state index contributed by atoms with van der Waals surface area (Å²) in [5.74, 6) is 1.58. The first-order valence-electron chi connectivity index (χ1n) is 12.1. The van der Waals surface area contributed by atoms with E-state index in [-0.39, 0.29) is 6.03 Å². The van der Waals surface area contributed by atoms with Crippen LogP contribution in [0.1, 0.15) is 30.3 Å². The van der Waals surface area contributed by atoms with Crippen LogP contribution in [0.2, 0.25) is 0 Å². The Hall–Kier alpha value is -3.94. The van der Waals surface area contributed by atoms with Gasteiger partial charge in [-0.1, -0.05) is 60.6 Å². The molecule has 1 saturated heterocycles. The number of fused-ring (bicyclic) bond motifs is 1. The lowest BCUT2D eigenvalue weighted by atomic mass is 10.1. The molecule has 2 aromatic heterocycles. The Morgan fingerprint density at radius 1 is 0.971 bits per heavy atom. The topological polar surface area (TPSA) is 87.4 Å². The van der Waals surface area contributed by atoms with Gasteiger partial charge in [0, 0.05) is 43.9 Å². The third-order valence-corrected chi connectivity index (χ3v) is 6.46. The summed E-state index contributed by atoms with van der Waals surface area (Å²) in [4.78, 5) is 26.6. The Balaban J connectivity index is 1.40. The maximum Gasteiger partial charge on any atom is 0.321 e. The number of hydrogen-bond donors (Lipinski definition) is 1. The molecule has 0 saturated carbocycles. The second-order valence-electron chi connectivity index (χ2n) is 8.96. The predicted molar refractivity (Wildman–Crippen MR) is 138 cm³/mol. The lowest BCUT2D eigenvalue weighted by molar-refractivity contribution is 0.208. The summed E-state index contributed by atoms with van der Waals surface area (Å²) in [6.45, 7) is 8.65. The van der Waals surface area contributed by atoms with Crippen molar-refractivity contribution in [3.63, 3.8) is 0 Å². The summed E-state index contributed by atoms with van der Waals surface area (Å²) < 4.78 is 5.67. The number of para-hydroxylation sites is 1. The van der Waals surface area contributed by atoms with Crippen molar-refractivity contribution in [2.45, 2.75) is 33.6 Å². The van der Waals surface area contributed by atoms with Crippen molar-refractivity contribution in [2.24, 2.45) is 0 Å². The van der Waals surface area contributed by atoms with E-state index < -0.39 is 0 Å². The number of nitrogens with zero attached hydrogens (tertiary/aromatic N) is 5. The molecule has 0 bridgehead atoms. The quantitative estimate of drug-likeness (QED) is 0.431. The summed E-state index contributed by atoms with van der Waals surface area (Å²) in [5.41, 5.74) is 5.22. The fourth-order valence-corrected chi connectivity index (χ4v) is 4.56. The number of aryl methyl sites for hydroxylation is 3. The smallest absolute Gasteiger partial charge is 0.321 e. The second kappa shape index (κ2) is 9.74. The molecular weight excluding hydrogens is 440 g/mol. The van der Waals surface area contributed by atoms with Gasteiger partial charge in [0.15, 0.2) is 0 Å². The Morgan fingerprint density at radius 2 is 1.69 bits per heavy atom. The molecule has 0 atom stereocenters. The van der Waals surface area contributed by atoms with Gasteiger partial charge in [-0.2, -0.15) is 4.98 Å². The van der Waals surface area contributed by atoms with Crippen molar-refractivity contribution in [1.82, 2.24) is 20.0 Å². The van der Waals surface area contributed by atoms with Crippen molar-refractivity contribution in [3.8, 4) is 11.3 Å². The highest BCUT2D eigenvalue weighted by atomic mass is 16.5. The predicted octanol–water partition coefficient (Wildman–Crippen LogP) is 5.21. The van der Waals surface area contributed by atoms with Crippen LogP contribution in [-0.4, -0.2) is 52.2 Å². The van der Waals surface area contributed by atoms with Crippen LogP contribution in [0.4, 0.5) is 16.3 Å². The lowest BCUT2D eigenvalue weighted by Gasteiger charge is -2.35. The zero-order valence-electron chi connectivity index (χ0n) is 20.4. The monoisotopic (exact) mass is 470 g/mol. The van der Waals surface area contributed by atoms with Crippen LogP contribution >= 0.6 is 0 Å². The van der Waals surface area contributed by atoms with E-state index in [1.165, 1.54) is 0 Å². The molecule has 0 unspecified atom stereocenters. The van der Waals surface area contributed by atoms with Gasteiger partial charge in [0.25, 0.3) is 5.71 Å². The zero-order valence-corrected chi connectivity index (χ0v) is 20.4. The van der Waals surface area contributed by atoms with E-state index in [2.05, 4.69) is 27.3 Å². The van der Waals surface area contributed by atoms with E-state index in [1.807, 2.05) is 67.3 Å². The summed E-state index contributed by atoms with van der Waals surface area (Å²) >= 11 is 0. The fourth-order valence-electron chi connectivity index (χ4n) is 4.56. The van der Waals surface area contributed by atoms with E-state index in [1.54, 1.807) is 0 Å². The van der Waals surface area contributed by atoms with Crippen LogP contribution < -0.4 is 10.2 Å². The number of anilines is 2. The molecule has 2 amide bonds. The molecule has 8 nitrogen and oxygen atoms in total. The molecule has 180 valence electrons. The second-order valence-corrected chi connectivity index (χ2v) is 8.96.